The standard InChI is InChI=1S/C10H18OS/c1-8(2)4-3-5-9-6-12-7-10(9)11/h8-9H,3-7H2,1-2H3. The zero-order valence-corrected chi connectivity index (χ0v) is 8.82. The molecule has 1 unspecified atom stereocenters. The van der Waals surface area contributed by atoms with Gasteiger partial charge >= 0.3 is 0 Å². The SMILES string of the molecule is CC(C)CCCC1CSCC1=O. The zero-order valence-electron chi connectivity index (χ0n) is 8.01. The molecule has 0 aromatic heterocycles. The van der Waals surface area contributed by atoms with Crippen molar-refractivity contribution in [3.63, 3.8) is 0 Å². The highest BCUT2D eigenvalue weighted by Gasteiger charge is 2.23. The largest absolute Gasteiger partial charge is 0.298 e. The lowest BCUT2D eigenvalue weighted by Gasteiger charge is -2.07. The second-order valence-electron chi connectivity index (χ2n) is 4.00. The first-order valence-electron chi connectivity index (χ1n) is 4.80. The van der Waals surface area contributed by atoms with Crippen molar-refractivity contribution in [2.24, 2.45) is 11.8 Å². The van der Waals surface area contributed by atoms with E-state index < -0.39 is 0 Å². The van der Waals surface area contributed by atoms with E-state index >= 15 is 0 Å². The molecule has 0 aliphatic carbocycles. The summed E-state index contributed by atoms with van der Waals surface area (Å²) in [5.41, 5.74) is 0. The van der Waals surface area contributed by atoms with Gasteiger partial charge in [-0.25, -0.2) is 0 Å². The molecule has 0 spiro atoms. The molecule has 2 heteroatoms. The van der Waals surface area contributed by atoms with Crippen molar-refractivity contribution in [3.05, 3.63) is 0 Å². The third kappa shape index (κ3) is 3.18. The molecule has 0 saturated carbocycles. The second kappa shape index (κ2) is 4.90. The van der Waals surface area contributed by atoms with Crippen LogP contribution in [-0.2, 0) is 4.79 Å². The molecule has 0 aromatic rings. The maximum atomic E-state index is 11.2. The Balaban J connectivity index is 2.10. The number of carbonyl (C=O) groups excluding carboxylic acids is 1. The maximum Gasteiger partial charge on any atom is 0.146 e. The molecule has 0 N–H and O–H groups in total. The van der Waals surface area contributed by atoms with Gasteiger partial charge in [0.1, 0.15) is 5.78 Å². The Hall–Kier alpha value is 0.0200. The average Bonchev–Trinajstić information content (AvgIpc) is 2.36. The van der Waals surface area contributed by atoms with Crippen molar-refractivity contribution in [2.75, 3.05) is 11.5 Å². The Morgan fingerprint density at radius 2 is 2.33 bits per heavy atom. The van der Waals surface area contributed by atoms with E-state index in [-0.39, 0.29) is 0 Å². The molecule has 70 valence electrons. The summed E-state index contributed by atoms with van der Waals surface area (Å²) >= 11 is 1.80. The molecule has 1 nitrogen and oxygen atoms in total. The maximum absolute atomic E-state index is 11.2. The van der Waals surface area contributed by atoms with E-state index in [1.54, 1.807) is 11.8 Å². The Morgan fingerprint density at radius 1 is 1.58 bits per heavy atom. The van der Waals surface area contributed by atoms with Gasteiger partial charge in [0.25, 0.3) is 0 Å². The molecule has 1 aliphatic rings. The van der Waals surface area contributed by atoms with Crippen LogP contribution in [0.25, 0.3) is 0 Å². The predicted molar refractivity (Wildman–Crippen MR) is 54.5 cm³/mol. The molecule has 0 amide bonds. The highest BCUT2D eigenvalue weighted by Crippen LogP contribution is 2.25. The number of carbonyl (C=O) groups is 1. The molecule has 0 radical (unpaired) electrons. The van der Waals surface area contributed by atoms with Crippen LogP contribution in [0.1, 0.15) is 33.1 Å². The van der Waals surface area contributed by atoms with Crippen molar-refractivity contribution in [1.29, 1.82) is 0 Å². The quantitative estimate of drug-likeness (QED) is 0.671. The molecule has 1 rings (SSSR count). The highest BCUT2D eigenvalue weighted by molar-refractivity contribution is 8.00. The first-order valence-corrected chi connectivity index (χ1v) is 5.96. The van der Waals surface area contributed by atoms with Gasteiger partial charge in [-0.2, -0.15) is 11.8 Å². The smallest absolute Gasteiger partial charge is 0.146 e. The van der Waals surface area contributed by atoms with Gasteiger partial charge in [0.05, 0.1) is 5.75 Å². The van der Waals surface area contributed by atoms with E-state index in [1.165, 1.54) is 12.8 Å². The third-order valence-electron chi connectivity index (χ3n) is 2.35. The molecule has 0 aromatic carbocycles. The summed E-state index contributed by atoms with van der Waals surface area (Å²) in [5, 5.41) is 0. The van der Waals surface area contributed by atoms with E-state index in [0.717, 1.165) is 23.8 Å². The molecular weight excluding hydrogens is 168 g/mol. The van der Waals surface area contributed by atoms with Gasteiger partial charge in [0.2, 0.25) is 0 Å². The number of hydrogen-bond donors (Lipinski definition) is 0. The van der Waals surface area contributed by atoms with E-state index in [9.17, 15) is 4.79 Å². The van der Waals surface area contributed by atoms with E-state index in [0.29, 0.717) is 11.7 Å². The Bertz CT molecular complexity index is 154. The molecule has 0 bridgehead atoms. The fourth-order valence-corrected chi connectivity index (χ4v) is 2.72. The molecule has 1 fully saturated rings. The number of thioether (sulfide) groups is 1. The zero-order chi connectivity index (χ0) is 8.97. The molecule has 1 atom stereocenters. The van der Waals surface area contributed by atoms with Crippen molar-refractivity contribution in [2.45, 2.75) is 33.1 Å². The van der Waals surface area contributed by atoms with Crippen molar-refractivity contribution in [3.8, 4) is 0 Å². The minimum absolute atomic E-state index is 0.397. The van der Waals surface area contributed by atoms with Crippen LogP contribution < -0.4 is 0 Å². The first-order chi connectivity index (χ1) is 5.70. The summed E-state index contributed by atoms with van der Waals surface area (Å²) < 4.78 is 0. The number of Topliss-reactive ketones (excluding diaryl/α,β-unsaturated/α-hetero) is 1. The lowest BCUT2D eigenvalue weighted by molar-refractivity contribution is -0.119. The average molecular weight is 186 g/mol. The summed E-state index contributed by atoms with van der Waals surface area (Å²) in [6.07, 6.45) is 3.63. The van der Waals surface area contributed by atoms with Crippen LogP contribution in [0.15, 0.2) is 0 Å². The monoisotopic (exact) mass is 186 g/mol. The van der Waals surface area contributed by atoms with Crippen LogP contribution >= 0.6 is 11.8 Å². The first kappa shape index (κ1) is 10.1. The molecule has 1 heterocycles. The summed E-state index contributed by atoms with van der Waals surface area (Å²) in [4.78, 5) is 11.2. The normalized spacial score (nSPS) is 23.9. The van der Waals surface area contributed by atoms with E-state index in [1.807, 2.05) is 0 Å². The van der Waals surface area contributed by atoms with E-state index in [2.05, 4.69) is 13.8 Å². The van der Waals surface area contributed by atoms with Gasteiger partial charge in [0.15, 0.2) is 0 Å². The predicted octanol–water partition coefficient (Wildman–Crippen LogP) is 2.74. The Morgan fingerprint density at radius 3 is 2.83 bits per heavy atom. The highest BCUT2D eigenvalue weighted by atomic mass is 32.2. The lowest BCUT2D eigenvalue weighted by atomic mass is 9.97. The summed E-state index contributed by atoms with van der Waals surface area (Å²) in [6.45, 7) is 4.48. The summed E-state index contributed by atoms with van der Waals surface area (Å²) in [6, 6.07) is 0. The van der Waals surface area contributed by atoms with Crippen molar-refractivity contribution in [1.82, 2.24) is 0 Å². The van der Waals surface area contributed by atoms with Crippen LogP contribution in [0.4, 0.5) is 0 Å². The number of hydrogen-bond acceptors (Lipinski definition) is 2. The van der Waals surface area contributed by atoms with Crippen molar-refractivity contribution >= 4 is 17.5 Å². The van der Waals surface area contributed by atoms with Crippen LogP contribution in [0.3, 0.4) is 0 Å². The van der Waals surface area contributed by atoms with Crippen LogP contribution in [0.5, 0.6) is 0 Å². The van der Waals surface area contributed by atoms with Gasteiger partial charge in [-0.1, -0.05) is 26.7 Å². The van der Waals surface area contributed by atoms with Gasteiger partial charge in [0, 0.05) is 11.7 Å². The fraction of sp³-hybridized carbons (Fsp3) is 0.900. The molecule has 12 heavy (non-hydrogen) atoms. The van der Waals surface area contributed by atoms with Crippen LogP contribution in [-0.4, -0.2) is 17.3 Å². The van der Waals surface area contributed by atoms with Crippen molar-refractivity contribution < 1.29 is 4.79 Å². The van der Waals surface area contributed by atoms with Gasteiger partial charge in [-0.3, -0.25) is 4.79 Å². The summed E-state index contributed by atoms with van der Waals surface area (Å²) in [5.74, 6) is 3.52. The molecular formula is C10H18OS. The Kier molecular flexibility index (Phi) is 4.13. The van der Waals surface area contributed by atoms with Crippen LogP contribution in [0.2, 0.25) is 0 Å². The number of rotatable bonds is 4. The van der Waals surface area contributed by atoms with Crippen LogP contribution in [0, 0.1) is 11.8 Å². The number of ketones is 1. The second-order valence-corrected chi connectivity index (χ2v) is 5.03. The van der Waals surface area contributed by atoms with Gasteiger partial charge in [-0.15, -0.1) is 0 Å². The van der Waals surface area contributed by atoms with E-state index in [4.69, 9.17) is 0 Å². The Labute approximate surface area is 79.3 Å². The molecule has 1 aliphatic heterocycles. The fourth-order valence-electron chi connectivity index (χ4n) is 1.53. The molecule has 1 saturated heterocycles. The third-order valence-corrected chi connectivity index (χ3v) is 3.48. The lowest BCUT2D eigenvalue weighted by Crippen LogP contribution is -2.10. The minimum Gasteiger partial charge on any atom is -0.298 e. The summed E-state index contributed by atoms with van der Waals surface area (Å²) in [7, 11) is 0. The van der Waals surface area contributed by atoms with Gasteiger partial charge < -0.3 is 0 Å². The topological polar surface area (TPSA) is 17.1 Å². The minimum atomic E-state index is 0.397. The van der Waals surface area contributed by atoms with Gasteiger partial charge in [-0.05, 0) is 12.3 Å².